The Balaban J connectivity index is 1.94. The molecule has 1 aliphatic rings. The number of fused-ring (bicyclic) bond motifs is 1. The van der Waals surface area contributed by atoms with E-state index in [0.717, 1.165) is 32.2 Å². The lowest BCUT2D eigenvalue weighted by Gasteiger charge is -2.35. The Kier molecular flexibility index (Phi) is 6.63. The van der Waals surface area contributed by atoms with Gasteiger partial charge < -0.3 is 10.2 Å². The molecule has 0 saturated carbocycles. The lowest BCUT2D eigenvalue weighted by molar-refractivity contribution is -0.134. The molecule has 1 aromatic carbocycles. The predicted octanol–water partition coefficient (Wildman–Crippen LogP) is 3.33. The van der Waals surface area contributed by atoms with Crippen molar-refractivity contribution in [1.82, 2.24) is 10.2 Å². The summed E-state index contributed by atoms with van der Waals surface area (Å²) in [7, 11) is 0. The first-order valence-corrected chi connectivity index (χ1v) is 9.47. The second-order valence-electron chi connectivity index (χ2n) is 8.01. The lowest BCUT2D eigenvalue weighted by Crippen LogP contribution is -2.45. The summed E-state index contributed by atoms with van der Waals surface area (Å²) >= 11 is 0. The van der Waals surface area contributed by atoms with Crippen LogP contribution in [0.5, 0.6) is 0 Å². The van der Waals surface area contributed by atoms with Crippen LogP contribution in [0.1, 0.15) is 58.1 Å². The normalized spacial score (nSPS) is 16.9. The maximum Gasteiger partial charge on any atom is 0.225 e. The van der Waals surface area contributed by atoms with Crippen molar-refractivity contribution in [3.63, 3.8) is 0 Å². The van der Waals surface area contributed by atoms with Crippen LogP contribution in [-0.4, -0.2) is 35.8 Å². The van der Waals surface area contributed by atoms with Gasteiger partial charge in [-0.1, -0.05) is 52.0 Å². The van der Waals surface area contributed by atoms with Gasteiger partial charge in [-0.05, 0) is 36.8 Å². The highest BCUT2D eigenvalue weighted by Gasteiger charge is 2.27. The van der Waals surface area contributed by atoms with E-state index in [9.17, 15) is 9.59 Å². The van der Waals surface area contributed by atoms with E-state index < -0.39 is 5.41 Å². The number of hydrogen-bond donors (Lipinski definition) is 1. The summed E-state index contributed by atoms with van der Waals surface area (Å²) < 4.78 is 0. The third-order valence-corrected chi connectivity index (χ3v) is 4.85. The van der Waals surface area contributed by atoms with E-state index in [2.05, 4.69) is 36.5 Å². The Morgan fingerprint density at radius 1 is 1.20 bits per heavy atom. The van der Waals surface area contributed by atoms with Crippen molar-refractivity contribution in [3.05, 3.63) is 35.4 Å². The first-order valence-electron chi connectivity index (χ1n) is 9.47. The van der Waals surface area contributed by atoms with Gasteiger partial charge in [-0.15, -0.1) is 0 Å². The fourth-order valence-corrected chi connectivity index (χ4v) is 3.39. The number of amides is 2. The topological polar surface area (TPSA) is 49.4 Å². The number of nitrogens with one attached hydrogen (secondary N) is 1. The summed E-state index contributed by atoms with van der Waals surface area (Å²) in [6.07, 6.45) is 4.33. The summed E-state index contributed by atoms with van der Waals surface area (Å²) in [5.74, 6) is 0.148. The van der Waals surface area contributed by atoms with E-state index in [0.29, 0.717) is 13.0 Å². The van der Waals surface area contributed by atoms with Crippen LogP contribution in [-0.2, 0) is 22.4 Å². The molecule has 1 N–H and O–H groups in total. The zero-order valence-electron chi connectivity index (χ0n) is 16.1. The van der Waals surface area contributed by atoms with Gasteiger partial charge in [0, 0.05) is 31.0 Å². The minimum atomic E-state index is -0.417. The predicted molar refractivity (Wildman–Crippen MR) is 101 cm³/mol. The van der Waals surface area contributed by atoms with Crippen LogP contribution < -0.4 is 5.32 Å². The van der Waals surface area contributed by atoms with Crippen molar-refractivity contribution in [1.29, 1.82) is 0 Å². The van der Waals surface area contributed by atoms with E-state index >= 15 is 0 Å². The molecule has 1 aliphatic carbocycles. The highest BCUT2D eigenvalue weighted by molar-refractivity contribution is 5.82. The second kappa shape index (κ2) is 8.50. The van der Waals surface area contributed by atoms with Gasteiger partial charge in [-0.3, -0.25) is 9.59 Å². The molecule has 25 heavy (non-hydrogen) atoms. The number of carbonyl (C=O) groups excluding carboxylic acids is 2. The van der Waals surface area contributed by atoms with Crippen molar-refractivity contribution in [2.75, 3.05) is 13.1 Å². The SMILES string of the molecule is CCCN(C(=O)CCNC(=O)C(C)(C)C)[C@@H]1CCc2ccccc2C1. The average Bonchev–Trinajstić information content (AvgIpc) is 2.58. The summed E-state index contributed by atoms with van der Waals surface area (Å²) in [5.41, 5.74) is 2.37. The van der Waals surface area contributed by atoms with Gasteiger partial charge in [-0.2, -0.15) is 0 Å². The van der Waals surface area contributed by atoms with Gasteiger partial charge in [0.25, 0.3) is 0 Å². The minimum Gasteiger partial charge on any atom is -0.355 e. The molecule has 0 aliphatic heterocycles. The third-order valence-electron chi connectivity index (χ3n) is 4.85. The van der Waals surface area contributed by atoms with E-state index in [-0.39, 0.29) is 17.9 Å². The van der Waals surface area contributed by atoms with Crippen LogP contribution in [0.15, 0.2) is 24.3 Å². The summed E-state index contributed by atoms with van der Waals surface area (Å²) in [5, 5.41) is 2.88. The Morgan fingerprint density at radius 2 is 1.88 bits per heavy atom. The van der Waals surface area contributed by atoms with Crippen LogP contribution in [0.2, 0.25) is 0 Å². The summed E-state index contributed by atoms with van der Waals surface area (Å²) in [6.45, 7) is 8.96. The maximum atomic E-state index is 12.8. The van der Waals surface area contributed by atoms with Crippen LogP contribution in [0.4, 0.5) is 0 Å². The van der Waals surface area contributed by atoms with Gasteiger partial charge in [-0.25, -0.2) is 0 Å². The number of aryl methyl sites for hydroxylation is 1. The van der Waals surface area contributed by atoms with E-state index in [4.69, 9.17) is 0 Å². The molecular formula is C21H32N2O2. The molecule has 0 bridgehead atoms. The van der Waals surface area contributed by atoms with Crippen molar-refractivity contribution in [2.45, 2.75) is 65.8 Å². The molecular weight excluding hydrogens is 312 g/mol. The Morgan fingerprint density at radius 3 is 2.52 bits per heavy atom. The third kappa shape index (κ3) is 5.32. The van der Waals surface area contributed by atoms with Crippen LogP contribution >= 0.6 is 0 Å². The standard InChI is InChI=1S/C21H32N2O2/c1-5-14-23(19(24)12-13-22-20(25)21(2,3)4)18-11-10-16-8-6-7-9-17(16)15-18/h6-9,18H,5,10-15H2,1-4H3,(H,22,25)/t18-/m1/s1. The first kappa shape index (κ1) is 19.5. The van der Waals surface area contributed by atoms with Crippen molar-refractivity contribution < 1.29 is 9.59 Å². The smallest absolute Gasteiger partial charge is 0.225 e. The molecule has 2 amide bonds. The van der Waals surface area contributed by atoms with E-state index in [1.807, 2.05) is 25.7 Å². The molecule has 2 rings (SSSR count). The number of rotatable bonds is 6. The fraction of sp³-hybridized carbons (Fsp3) is 0.619. The highest BCUT2D eigenvalue weighted by Crippen LogP contribution is 2.25. The first-order chi connectivity index (χ1) is 11.8. The van der Waals surface area contributed by atoms with E-state index in [1.165, 1.54) is 11.1 Å². The molecule has 0 aromatic heterocycles. The molecule has 0 fully saturated rings. The zero-order valence-corrected chi connectivity index (χ0v) is 16.1. The van der Waals surface area contributed by atoms with Gasteiger partial charge in [0.2, 0.25) is 11.8 Å². The number of benzene rings is 1. The van der Waals surface area contributed by atoms with Gasteiger partial charge >= 0.3 is 0 Å². The maximum absolute atomic E-state index is 12.8. The monoisotopic (exact) mass is 344 g/mol. The molecule has 1 atom stereocenters. The van der Waals surface area contributed by atoms with Crippen molar-refractivity contribution in [3.8, 4) is 0 Å². The van der Waals surface area contributed by atoms with E-state index in [1.54, 1.807) is 0 Å². The molecule has 4 nitrogen and oxygen atoms in total. The van der Waals surface area contributed by atoms with Gasteiger partial charge in [0.1, 0.15) is 0 Å². The fourth-order valence-electron chi connectivity index (χ4n) is 3.39. The Bertz CT molecular complexity index is 604. The lowest BCUT2D eigenvalue weighted by atomic mass is 9.87. The molecule has 0 spiro atoms. The number of hydrogen-bond acceptors (Lipinski definition) is 2. The van der Waals surface area contributed by atoms with Gasteiger partial charge in [0.15, 0.2) is 0 Å². The minimum absolute atomic E-state index is 0.00562. The molecule has 4 heteroatoms. The molecule has 0 heterocycles. The van der Waals surface area contributed by atoms with Crippen LogP contribution in [0.3, 0.4) is 0 Å². The second-order valence-corrected chi connectivity index (χ2v) is 8.01. The van der Waals surface area contributed by atoms with Crippen LogP contribution in [0.25, 0.3) is 0 Å². The molecule has 138 valence electrons. The summed E-state index contributed by atoms with van der Waals surface area (Å²) in [6, 6.07) is 8.82. The average molecular weight is 344 g/mol. The molecule has 0 unspecified atom stereocenters. The zero-order chi connectivity index (χ0) is 18.4. The van der Waals surface area contributed by atoms with Crippen LogP contribution in [0, 0.1) is 5.41 Å². The highest BCUT2D eigenvalue weighted by atomic mass is 16.2. The van der Waals surface area contributed by atoms with Gasteiger partial charge in [0.05, 0.1) is 0 Å². The Labute approximate surface area is 152 Å². The molecule has 1 aromatic rings. The molecule has 0 saturated heterocycles. The quantitative estimate of drug-likeness (QED) is 0.860. The summed E-state index contributed by atoms with van der Waals surface area (Å²) in [4.78, 5) is 26.7. The number of nitrogens with zero attached hydrogens (tertiary/aromatic N) is 1. The number of carbonyl (C=O) groups is 2. The van der Waals surface area contributed by atoms with Crippen molar-refractivity contribution >= 4 is 11.8 Å². The molecule has 0 radical (unpaired) electrons. The largest absolute Gasteiger partial charge is 0.355 e. The Hall–Kier alpha value is -1.84. The van der Waals surface area contributed by atoms with Crippen molar-refractivity contribution in [2.24, 2.45) is 5.41 Å².